The van der Waals surface area contributed by atoms with E-state index in [1.54, 1.807) is 0 Å². The third-order valence-corrected chi connectivity index (χ3v) is 3.26. The number of rotatable bonds is 1. The number of hydrogen-bond acceptors (Lipinski definition) is 4. The van der Waals surface area contributed by atoms with Crippen molar-refractivity contribution in [1.82, 2.24) is 0 Å². The molecule has 1 atom stereocenters. The predicted molar refractivity (Wildman–Crippen MR) is 49.3 cm³/mol. The minimum Gasteiger partial charge on any atom is -0.505 e. The smallest absolute Gasteiger partial charge is 0.239 e. The summed E-state index contributed by atoms with van der Waals surface area (Å²) < 4.78 is 21.9. The zero-order chi connectivity index (χ0) is 10.2. The van der Waals surface area contributed by atoms with Crippen LogP contribution >= 0.6 is 11.6 Å². The molecule has 5 nitrogen and oxygen atoms in total. The molecule has 0 radical (unpaired) electrons. The fraction of sp³-hybridized carbons (Fsp3) is 0.333. The Morgan fingerprint density at radius 2 is 2.15 bits per heavy atom. The average molecular weight is 225 g/mol. The van der Waals surface area contributed by atoms with Gasteiger partial charge in [-0.2, -0.15) is 0 Å². The van der Waals surface area contributed by atoms with Gasteiger partial charge in [0.05, 0.1) is 11.1 Å². The van der Waals surface area contributed by atoms with E-state index in [2.05, 4.69) is 0 Å². The molecular formula is C6H9ClN2O3S. The Kier molecular flexibility index (Phi) is 2.56. The van der Waals surface area contributed by atoms with Gasteiger partial charge >= 0.3 is 0 Å². The van der Waals surface area contributed by atoms with Gasteiger partial charge in [0.2, 0.25) is 10.0 Å². The van der Waals surface area contributed by atoms with Crippen LogP contribution in [0, 0.1) is 0 Å². The standard InChI is InChI=1S/C6H9ClN2O3S/c7-3-1-2-4(8)5(10)6(3)13(9,11)12/h2-3,10H,1,8H2,(H2,9,11,12). The van der Waals surface area contributed by atoms with Gasteiger partial charge in [-0.05, 0) is 6.42 Å². The first-order valence-corrected chi connectivity index (χ1v) is 5.38. The van der Waals surface area contributed by atoms with Crippen molar-refractivity contribution in [2.75, 3.05) is 0 Å². The van der Waals surface area contributed by atoms with Crippen molar-refractivity contribution in [2.24, 2.45) is 10.9 Å². The highest BCUT2D eigenvalue weighted by Gasteiger charge is 2.29. The van der Waals surface area contributed by atoms with Crippen LogP contribution in [-0.4, -0.2) is 18.9 Å². The first kappa shape index (κ1) is 10.4. The molecule has 0 saturated heterocycles. The summed E-state index contributed by atoms with van der Waals surface area (Å²) >= 11 is 5.65. The third-order valence-electron chi connectivity index (χ3n) is 1.64. The van der Waals surface area contributed by atoms with Crippen LogP contribution in [0.15, 0.2) is 22.4 Å². The van der Waals surface area contributed by atoms with E-state index in [4.69, 9.17) is 22.5 Å². The molecule has 0 saturated carbocycles. The lowest BCUT2D eigenvalue weighted by molar-refractivity contribution is 0.412. The van der Waals surface area contributed by atoms with Crippen LogP contribution < -0.4 is 10.9 Å². The van der Waals surface area contributed by atoms with Gasteiger partial charge in [0.25, 0.3) is 0 Å². The molecule has 7 heteroatoms. The molecule has 0 spiro atoms. The summed E-state index contributed by atoms with van der Waals surface area (Å²) in [7, 11) is -3.98. The number of primary sulfonamides is 1. The average Bonchev–Trinajstić information content (AvgIpc) is 1.95. The molecule has 0 fully saturated rings. The molecule has 74 valence electrons. The molecule has 0 aromatic heterocycles. The van der Waals surface area contributed by atoms with E-state index in [9.17, 15) is 13.5 Å². The van der Waals surface area contributed by atoms with Crippen molar-refractivity contribution >= 4 is 21.6 Å². The fourth-order valence-corrected chi connectivity index (χ4v) is 2.44. The Morgan fingerprint density at radius 3 is 2.54 bits per heavy atom. The second kappa shape index (κ2) is 3.21. The summed E-state index contributed by atoms with van der Waals surface area (Å²) in [6.07, 6.45) is 1.69. The van der Waals surface area contributed by atoms with Crippen molar-refractivity contribution in [1.29, 1.82) is 0 Å². The van der Waals surface area contributed by atoms with Gasteiger partial charge in [0.1, 0.15) is 4.91 Å². The van der Waals surface area contributed by atoms with Crippen molar-refractivity contribution in [2.45, 2.75) is 11.8 Å². The van der Waals surface area contributed by atoms with Crippen molar-refractivity contribution in [3.63, 3.8) is 0 Å². The zero-order valence-corrected chi connectivity index (χ0v) is 8.14. The minimum atomic E-state index is -3.98. The van der Waals surface area contributed by atoms with E-state index in [0.717, 1.165) is 0 Å². The second-order valence-electron chi connectivity index (χ2n) is 2.62. The second-order valence-corrected chi connectivity index (χ2v) is 4.68. The molecule has 1 aliphatic carbocycles. The van der Waals surface area contributed by atoms with Crippen LogP contribution in [0.4, 0.5) is 0 Å². The molecule has 5 N–H and O–H groups in total. The molecule has 0 aliphatic heterocycles. The van der Waals surface area contributed by atoms with E-state index in [1.807, 2.05) is 0 Å². The summed E-state index contributed by atoms with van der Waals surface area (Å²) in [4.78, 5) is -0.408. The number of sulfonamides is 1. The van der Waals surface area contributed by atoms with Crippen LogP contribution in [-0.2, 0) is 10.0 Å². The summed E-state index contributed by atoms with van der Waals surface area (Å²) in [6.45, 7) is 0. The zero-order valence-electron chi connectivity index (χ0n) is 6.57. The highest BCUT2D eigenvalue weighted by Crippen LogP contribution is 2.27. The summed E-state index contributed by atoms with van der Waals surface area (Å²) in [5.41, 5.74) is 5.29. The van der Waals surface area contributed by atoms with Crippen molar-refractivity contribution in [3.05, 3.63) is 22.4 Å². The van der Waals surface area contributed by atoms with Crippen molar-refractivity contribution in [3.8, 4) is 0 Å². The van der Waals surface area contributed by atoms with E-state index >= 15 is 0 Å². The van der Waals surface area contributed by atoms with Crippen LogP contribution in [0.5, 0.6) is 0 Å². The lowest BCUT2D eigenvalue weighted by Crippen LogP contribution is -2.27. The molecule has 0 bridgehead atoms. The molecule has 1 unspecified atom stereocenters. The van der Waals surface area contributed by atoms with Crippen LogP contribution in [0.25, 0.3) is 0 Å². The normalized spacial score (nSPS) is 24.5. The van der Waals surface area contributed by atoms with Crippen LogP contribution in [0.2, 0.25) is 0 Å². The quantitative estimate of drug-likeness (QED) is 0.541. The lowest BCUT2D eigenvalue weighted by atomic mass is 10.1. The van der Waals surface area contributed by atoms with Crippen molar-refractivity contribution < 1.29 is 13.5 Å². The Labute approximate surface area is 80.7 Å². The molecule has 0 heterocycles. The highest BCUT2D eigenvalue weighted by molar-refractivity contribution is 7.93. The summed E-state index contributed by atoms with van der Waals surface area (Å²) in [5.74, 6) is -0.547. The third kappa shape index (κ3) is 1.96. The Morgan fingerprint density at radius 1 is 1.62 bits per heavy atom. The lowest BCUT2D eigenvalue weighted by Gasteiger charge is -2.17. The number of nitrogens with two attached hydrogens (primary N) is 2. The van der Waals surface area contributed by atoms with Gasteiger partial charge < -0.3 is 10.8 Å². The SMILES string of the molecule is NC1=CCC(Cl)C(S(N)(=O)=O)=C1O. The van der Waals surface area contributed by atoms with Crippen LogP contribution in [0.3, 0.4) is 0 Å². The number of allylic oxidation sites excluding steroid dienone is 2. The van der Waals surface area contributed by atoms with E-state index < -0.39 is 26.1 Å². The van der Waals surface area contributed by atoms with Gasteiger partial charge in [-0.1, -0.05) is 6.08 Å². The number of halogens is 1. The predicted octanol–water partition coefficient (Wildman–Crippen LogP) is -0.102. The molecule has 0 aromatic rings. The molecule has 1 aliphatic rings. The van der Waals surface area contributed by atoms with E-state index in [1.165, 1.54) is 6.08 Å². The number of aliphatic hydroxyl groups excluding tert-OH is 1. The first-order valence-electron chi connectivity index (χ1n) is 3.40. The largest absolute Gasteiger partial charge is 0.505 e. The van der Waals surface area contributed by atoms with E-state index in [0.29, 0.717) is 0 Å². The monoisotopic (exact) mass is 224 g/mol. The molecule has 1 rings (SSSR count). The molecule has 0 amide bonds. The molecular weight excluding hydrogens is 216 g/mol. The molecule has 0 aromatic carbocycles. The Balaban J connectivity index is 3.32. The summed E-state index contributed by atoms with van der Waals surface area (Å²) in [5, 5.41) is 13.3. The first-order chi connectivity index (χ1) is 5.84. The Bertz CT molecular complexity index is 385. The fourth-order valence-electron chi connectivity index (χ4n) is 1.04. The van der Waals surface area contributed by atoms with E-state index in [-0.39, 0.29) is 12.1 Å². The maximum absolute atomic E-state index is 10.9. The van der Waals surface area contributed by atoms with Crippen LogP contribution in [0.1, 0.15) is 6.42 Å². The van der Waals surface area contributed by atoms with Gasteiger partial charge in [-0.15, -0.1) is 11.6 Å². The highest BCUT2D eigenvalue weighted by atomic mass is 35.5. The van der Waals surface area contributed by atoms with Gasteiger partial charge in [-0.3, -0.25) is 0 Å². The van der Waals surface area contributed by atoms with Gasteiger partial charge in [-0.25, -0.2) is 13.6 Å². The maximum Gasteiger partial charge on any atom is 0.239 e. The Hall–Kier alpha value is -0.720. The number of hydrogen-bond donors (Lipinski definition) is 3. The number of alkyl halides is 1. The number of aliphatic hydroxyl groups is 1. The minimum absolute atomic E-state index is 0.0130. The van der Waals surface area contributed by atoms with Gasteiger partial charge in [0, 0.05) is 0 Å². The topological polar surface area (TPSA) is 106 Å². The maximum atomic E-state index is 10.9. The van der Waals surface area contributed by atoms with Gasteiger partial charge in [0.15, 0.2) is 5.76 Å². The molecule has 13 heavy (non-hydrogen) atoms. The summed E-state index contributed by atoms with van der Waals surface area (Å²) in [6, 6.07) is 0.